The summed E-state index contributed by atoms with van der Waals surface area (Å²) in [6, 6.07) is 6.93. The molecule has 0 saturated heterocycles. The van der Waals surface area contributed by atoms with E-state index in [0.717, 1.165) is 0 Å². The van der Waals surface area contributed by atoms with Crippen LogP contribution >= 0.6 is 11.6 Å². The van der Waals surface area contributed by atoms with E-state index in [2.05, 4.69) is 20.5 Å². The lowest BCUT2D eigenvalue weighted by Gasteiger charge is -2.03. The zero-order valence-corrected chi connectivity index (χ0v) is 13.7. The first-order chi connectivity index (χ1) is 11.5. The minimum Gasteiger partial charge on any atom is -0.314 e. The molecule has 0 bridgehead atoms. The molecular formula is C15H13ClN6O2. The number of amides is 1. The van der Waals surface area contributed by atoms with Gasteiger partial charge in [-0.1, -0.05) is 17.7 Å². The summed E-state index contributed by atoms with van der Waals surface area (Å²) in [5, 5.41) is 11.4. The highest BCUT2D eigenvalue weighted by molar-refractivity contribution is 6.30. The fourth-order valence-corrected chi connectivity index (χ4v) is 2.24. The van der Waals surface area contributed by atoms with Crippen LogP contribution in [0.2, 0.25) is 5.02 Å². The van der Waals surface area contributed by atoms with Crippen molar-refractivity contribution in [3.05, 3.63) is 63.4 Å². The van der Waals surface area contributed by atoms with Crippen LogP contribution in [0.1, 0.15) is 16.2 Å². The van der Waals surface area contributed by atoms with Crippen LogP contribution in [0, 0.1) is 6.92 Å². The Balaban J connectivity index is 1.91. The van der Waals surface area contributed by atoms with Crippen molar-refractivity contribution in [3.63, 3.8) is 0 Å². The number of nitrogens with one attached hydrogen (secondary N) is 1. The largest absolute Gasteiger partial charge is 0.314 e. The van der Waals surface area contributed by atoms with Crippen LogP contribution in [0.4, 0.5) is 5.82 Å². The van der Waals surface area contributed by atoms with E-state index in [4.69, 9.17) is 11.6 Å². The summed E-state index contributed by atoms with van der Waals surface area (Å²) in [6.07, 6.45) is 2.92. The average Bonchev–Trinajstić information content (AvgIpc) is 2.94. The van der Waals surface area contributed by atoms with E-state index in [1.165, 1.54) is 21.8 Å². The molecule has 0 unspecified atom stereocenters. The minimum atomic E-state index is -0.559. The second-order valence-corrected chi connectivity index (χ2v) is 5.49. The highest BCUT2D eigenvalue weighted by atomic mass is 35.5. The Kier molecular flexibility index (Phi) is 4.13. The van der Waals surface area contributed by atoms with Crippen LogP contribution in [0.15, 0.2) is 41.5 Å². The van der Waals surface area contributed by atoms with Gasteiger partial charge < -0.3 is 9.88 Å². The average molecular weight is 345 g/mol. The zero-order chi connectivity index (χ0) is 17.3. The molecule has 1 amide bonds. The van der Waals surface area contributed by atoms with Crippen LogP contribution in [0.25, 0.3) is 5.69 Å². The number of rotatable bonds is 3. The van der Waals surface area contributed by atoms with Crippen LogP contribution < -0.4 is 10.9 Å². The molecule has 1 N–H and O–H groups in total. The molecule has 3 rings (SSSR count). The second-order valence-electron chi connectivity index (χ2n) is 5.05. The molecule has 0 aliphatic carbocycles. The van der Waals surface area contributed by atoms with Gasteiger partial charge >= 0.3 is 0 Å². The molecular weight excluding hydrogens is 332 g/mol. The number of halogens is 1. The van der Waals surface area contributed by atoms with Crippen molar-refractivity contribution in [2.24, 2.45) is 7.05 Å². The van der Waals surface area contributed by atoms with Gasteiger partial charge in [0.1, 0.15) is 0 Å². The first kappa shape index (κ1) is 15.9. The summed E-state index contributed by atoms with van der Waals surface area (Å²) in [6.45, 7) is 1.65. The van der Waals surface area contributed by atoms with Gasteiger partial charge in [-0.2, -0.15) is 9.90 Å². The van der Waals surface area contributed by atoms with Crippen molar-refractivity contribution >= 4 is 23.3 Å². The lowest BCUT2D eigenvalue weighted by atomic mass is 10.3. The van der Waals surface area contributed by atoms with Gasteiger partial charge in [-0.3, -0.25) is 9.59 Å². The van der Waals surface area contributed by atoms with E-state index in [-0.39, 0.29) is 11.5 Å². The lowest BCUT2D eigenvalue weighted by Crippen LogP contribution is -2.25. The van der Waals surface area contributed by atoms with Crippen molar-refractivity contribution < 1.29 is 4.79 Å². The predicted octanol–water partition coefficient (Wildman–Crippen LogP) is 1.58. The third-order valence-corrected chi connectivity index (χ3v) is 3.52. The van der Waals surface area contributed by atoms with Gasteiger partial charge in [0.05, 0.1) is 11.4 Å². The Bertz CT molecular complexity index is 978. The molecule has 1 aromatic carbocycles. The molecule has 0 saturated carbocycles. The fraction of sp³-hybridized carbons (Fsp3) is 0.133. The van der Waals surface area contributed by atoms with Crippen molar-refractivity contribution in [1.29, 1.82) is 0 Å². The maximum Gasteiger partial charge on any atom is 0.293 e. The standard InChI is InChI=1S/C15H13ClN6O2/c1-9-12(14(23)18-13-15(24)21(2)7-6-17-13)20-22(19-9)11-5-3-4-10(16)8-11/h3-8H,1-2H3,(H,17,18,23). The van der Waals surface area contributed by atoms with Gasteiger partial charge in [-0.25, -0.2) is 4.98 Å². The summed E-state index contributed by atoms with van der Waals surface area (Å²) in [5.74, 6) is -0.627. The molecule has 0 aliphatic rings. The molecule has 2 heterocycles. The summed E-state index contributed by atoms with van der Waals surface area (Å²) < 4.78 is 1.32. The zero-order valence-electron chi connectivity index (χ0n) is 12.9. The van der Waals surface area contributed by atoms with Crippen LogP contribution in [0.5, 0.6) is 0 Å². The molecule has 9 heteroatoms. The Hall–Kier alpha value is -3.00. The van der Waals surface area contributed by atoms with Gasteiger partial charge in [-0.15, -0.1) is 5.10 Å². The summed E-state index contributed by atoms with van der Waals surface area (Å²) >= 11 is 5.95. The number of carbonyl (C=O) groups is 1. The predicted molar refractivity (Wildman–Crippen MR) is 88.5 cm³/mol. The maximum atomic E-state index is 12.4. The quantitative estimate of drug-likeness (QED) is 0.778. The Morgan fingerprint density at radius 1 is 1.29 bits per heavy atom. The first-order valence-corrected chi connectivity index (χ1v) is 7.36. The van der Waals surface area contributed by atoms with E-state index in [0.29, 0.717) is 16.4 Å². The van der Waals surface area contributed by atoms with Crippen LogP contribution in [0.3, 0.4) is 0 Å². The highest BCUT2D eigenvalue weighted by Gasteiger charge is 2.18. The van der Waals surface area contributed by atoms with Gasteiger partial charge in [0, 0.05) is 24.5 Å². The van der Waals surface area contributed by atoms with E-state index < -0.39 is 11.5 Å². The molecule has 0 atom stereocenters. The number of hydrogen-bond acceptors (Lipinski definition) is 5. The number of carbonyl (C=O) groups excluding carboxylic acids is 1. The topological polar surface area (TPSA) is 94.7 Å². The third-order valence-electron chi connectivity index (χ3n) is 3.29. The van der Waals surface area contributed by atoms with Crippen LogP contribution in [-0.2, 0) is 7.05 Å². The highest BCUT2D eigenvalue weighted by Crippen LogP contribution is 2.14. The molecule has 0 aliphatic heterocycles. The van der Waals surface area contributed by atoms with E-state index >= 15 is 0 Å². The van der Waals surface area contributed by atoms with Gasteiger partial charge in [0.25, 0.3) is 11.5 Å². The maximum absolute atomic E-state index is 12.4. The lowest BCUT2D eigenvalue weighted by molar-refractivity contribution is 0.102. The van der Waals surface area contributed by atoms with Crippen molar-refractivity contribution in [2.75, 3.05) is 5.32 Å². The summed E-state index contributed by atoms with van der Waals surface area (Å²) in [7, 11) is 1.57. The van der Waals surface area contributed by atoms with Crippen LogP contribution in [-0.4, -0.2) is 30.5 Å². The fourth-order valence-electron chi connectivity index (χ4n) is 2.05. The Morgan fingerprint density at radius 3 is 2.83 bits per heavy atom. The summed E-state index contributed by atoms with van der Waals surface area (Å²) in [4.78, 5) is 29.5. The molecule has 0 radical (unpaired) electrons. The summed E-state index contributed by atoms with van der Waals surface area (Å²) in [5.41, 5.74) is 0.729. The van der Waals surface area contributed by atoms with Crippen molar-refractivity contribution in [1.82, 2.24) is 24.5 Å². The molecule has 24 heavy (non-hydrogen) atoms. The monoisotopic (exact) mass is 344 g/mol. The Morgan fingerprint density at radius 2 is 2.08 bits per heavy atom. The SMILES string of the molecule is Cc1nn(-c2cccc(Cl)c2)nc1C(=O)Nc1nccn(C)c1=O. The number of benzene rings is 1. The number of nitrogens with zero attached hydrogens (tertiary/aromatic N) is 5. The number of aromatic nitrogens is 5. The third kappa shape index (κ3) is 3.04. The van der Waals surface area contributed by atoms with E-state index in [9.17, 15) is 9.59 Å². The molecule has 3 aromatic rings. The number of aryl methyl sites for hydroxylation is 2. The molecule has 0 fully saturated rings. The number of anilines is 1. The minimum absolute atomic E-state index is 0.0679. The second kappa shape index (κ2) is 6.25. The smallest absolute Gasteiger partial charge is 0.293 e. The molecule has 2 aromatic heterocycles. The molecule has 0 spiro atoms. The van der Waals surface area contributed by atoms with Gasteiger partial charge in [0.15, 0.2) is 11.5 Å². The Labute approximate surface area is 141 Å². The van der Waals surface area contributed by atoms with E-state index in [1.54, 1.807) is 38.2 Å². The molecule has 8 nitrogen and oxygen atoms in total. The van der Waals surface area contributed by atoms with Gasteiger partial charge in [-0.05, 0) is 25.1 Å². The van der Waals surface area contributed by atoms with Gasteiger partial charge in [0.2, 0.25) is 0 Å². The normalized spacial score (nSPS) is 10.6. The van der Waals surface area contributed by atoms with Crippen molar-refractivity contribution in [2.45, 2.75) is 6.92 Å². The molecule has 122 valence electrons. The number of hydrogen-bond donors (Lipinski definition) is 1. The van der Waals surface area contributed by atoms with E-state index in [1.807, 2.05) is 0 Å². The first-order valence-electron chi connectivity index (χ1n) is 6.98. The van der Waals surface area contributed by atoms with Crippen molar-refractivity contribution in [3.8, 4) is 5.69 Å².